The molecule has 2 aliphatic carbocycles. The number of likely N-dealkylation sites (N-methyl/N-ethyl adjacent to an activating group) is 1. The summed E-state index contributed by atoms with van der Waals surface area (Å²) in [5.74, 6) is 0. The van der Waals surface area contributed by atoms with E-state index in [1.165, 1.54) is 19.3 Å². The molecule has 2 aliphatic rings. The van der Waals surface area contributed by atoms with Crippen LogP contribution >= 0.6 is 0 Å². The number of rotatable bonds is 6. The second kappa shape index (κ2) is 5.28. The van der Waals surface area contributed by atoms with Crippen molar-refractivity contribution >= 4 is 0 Å². The SMILES string of the molecule is CCNC1CC(OC2CCC2)C1OCC. The summed E-state index contributed by atoms with van der Waals surface area (Å²) in [4.78, 5) is 0. The van der Waals surface area contributed by atoms with Gasteiger partial charge in [0.1, 0.15) is 0 Å². The zero-order chi connectivity index (χ0) is 10.7. The minimum absolute atomic E-state index is 0.288. The Morgan fingerprint density at radius 3 is 2.60 bits per heavy atom. The summed E-state index contributed by atoms with van der Waals surface area (Å²) in [5, 5.41) is 3.45. The molecule has 0 aromatic carbocycles. The zero-order valence-corrected chi connectivity index (χ0v) is 9.87. The molecule has 15 heavy (non-hydrogen) atoms. The monoisotopic (exact) mass is 213 g/mol. The highest BCUT2D eigenvalue weighted by molar-refractivity contribution is 4.98. The maximum Gasteiger partial charge on any atom is 0.0990 e. The minimum Gasteiger partial charge on any atom is -0.374 e. The van der Waals surface area contributed by atoms with E-state index in [9.17, 15) is 0 Å². The van der Waals surface area contributed by atoms with Crippen LogP contribution in [-0.4, -0.2) is 37.5 Å². The zero-order valence-electron chi connectivity index (χ0n) is 9.87. The molecule has 3 nitrogen and oxygen atoms in total. The molecule has 0 saturated heterocycles. The number of hydrogen-bond donors (Lipinski definition) is 1. The summed E-state index contributed by atoms with van der Waals surface area (Å²) < 4.78 is 11.7. The molecule has 0 amide bonds. The van der Waals surface area contributed by atoms with Gasteiger partial charge in [0.05, 0.1) is 18.3 Å². The van der Waals surface area contributed by atoms with E-state index in [0.29, 0.717) is 18.2 Å². The van der Waals surface area contributed by atoms with Gasteiger partial charge in [-0.2, -0.15) is 0 Å². The Morgan fingerprint density at radius 2 is 2.07 bits per heavy atom. The van der Waals surface area contributed by atoms with Gasteiger partial charge in [-0.3, -0.25) is 0 Å². The van der Waals surface area contributed by atoms with E-state index in [2.05, 4.69) is 19.2 Å². The van der Waals surface area contributed by atoms with Gasteiger partial charge in [0.15, 0.2) is 0 Å². The summed E-state index contributed by atoms with van der Waals surface area (Å²) in [5.41, 5.74) is 0. The van der Waals surface area contributed by atoms with Crippen LogP contribution in [0.4, 0.5) is 0 Å². The van der Waals surface area contributed by atoms with E-state index in [4.69, 9.17) is 9.47 Å². The highest BCUT2D eigenvalue weighted by atomic mass is 16.6. The molecule has 1 N–H and O–H groups in total. The molecule has 2 rings (SSSR count). The van der Waals surface area contributed by atoms with Gasteiger partial charge in [0.2, 0.25) is 0 Å². The molecule has 0 spiro atoms. The van der Waals surface area contributed by atoms with Gasteiger partial charge in [-0.15, -0.1) is 0 Å². The Morgan fingerprint density at radius 1 is 1.27 bits per heavy atom. The van der Waals surface area contributed by atoms with Gasteiger partial charge in [-0.05, 0) is 39.2 Å². The molecule has 2 fully saturated rings. The molecule has 88 valence electrons. The van der Waals surface area contributed by atoms with Crippen LogP contribution in [0.1, 0.15) is 39.5 Å². The van der Waals surface area contributed by atoms with Gasteiger partial charge in [-0.1, -0.05) is 6.92 Å². The molecule has 3 heteroatoms. The van der Waals surface area contributed by atoms with Crippen molar-refractivity contribution in [1.82, 2.24) is 5.32 Å². The Labute approximate surface area is 92.5 Å². The molecule has 0 radical (unpaired) electrons. The van der Waals surface area contributed by atoms with Crippen LogP contribution < -0.4 is 5.32 Å². The van der Waals surface area contributed by atoms with Crippen molar-refractivity contribution in [1.29, 1.82) is 0 Å². The van der Waals surface area contributed by atoms with Crippen molar-refractivity contribution in [2.45, 2.75) is 63.9 Å². The van der Waals surface area contributed by atoms with Crippen LogP contribution in [0.5, 0.6) is 0 Å². The molecular weight excluding hydrogens is 190 g/mol. The van der Waals surface area contributed by atoms with Gasteiger partial charge >= 0.3 is 0 Å². The molecule has 0 heterocycles. The van der Waals surface area contributed by atoms with Gasteiger partial charge in [0.25, 0.3) is 0 Å². The first-order valence-electron chi connectivity index (χ1n) is 6.35. The van der Waals surface area contributed by atoms with Crippen molar-refractivity contribution in [3.8, 4) is 0 Å². The summed E-state index contributed by atoms with van der Waals surface area (Å²) in [7, 11) is 0. The van der Waals surface area contributed by atoms with Gasteiger partial charge in [-0.25, -0.2) is 0 Å². The van der Waals surface area contributed by atoms with E-state index >= 15 is 0 Å². The predicted octanol–water partition coefficient (Wildman–Crippen LogP) is 1.71. The fraction of sp³-hybridized carbons (Fsp3) is 1.00. The quantitative estimate of drug-likeness (QED) is 0.728. The van der Waals surface area contributed by atoms with Gasteiger partial charge in [0, 0.05) is 12.6 Å². The average molecular weight is 213 g/mol. The second-order valence-corrected chi connectivity index (χ2v) is 4.55. The first kappa shape index (κ1) is 11.4. The van der Waals surface area contributed by atoms with Crippen LogP contribution in [0.2, 0.25) is 0 Å². The Kier molecular flexibility index (Phi) is 4.00. The summed E-state index contributed by atoms with van der Waals surface area (Å²) in [6.45, 7) is 6.01. The van der Waals surface area contributed by atoms with Gasteiger partial charge < -0.3 is 14.8 Å². The third-order valence-electron chi connectivity index (χ3n) is 3.49. The van der Waals surface area contributed by atoms with Crippen LogP contribution in [-0.2, 0) is 9.47 Å². The van der Waals surface area contributed by atoms with Crippen LogP contribution in [0.3, 0.4) is 0 Å². The first-order valence-corrected chi connectivity index (χ1v) is 6.35. The van der Waals surface area contributed by atoms with Crippen molar-refractivity contribution in [2.75, 3.05) is 13.2 Å². The Bertz CT molecular complexity index is 194. The van der Waals surface area contributed by atoms with Crippen molar-refractivity contribution in [3.63, 3.8) is 0 Å². The van der Waals surface area contributed by atoms with Crippen molar-refractivity contribution in [2.24, 2.45) is 0 Å². The standard InChI is InChI=1S/C12H23NO2/c1-3-13-10-8-11(12(10)14-4-2)15-9-6-5-7-9/h9-13H,3-8H2,1-2H3. The summed E-state index contributed by atoms with van der Waals surface area (Å²) in [6, 6.07) is 0.514. The van der Waals surface area contributed by atoms with Crippen LogP contribution in [0.15, 0.2) is 0 Å². The highest BCUT2D eigenvalue weighted by Gasteiger charge is 2.43. The largest absolute Gasteiger partial charge is 0.374 e. The second-order valence-electron chi connectivity index (χ2n) is 4.55. The number of nitrogens with one attached hydrogen (secondary N) is 1. The molecule has 2 saturated carbocycles. The lowest BCUT2D eigenvalue weighted by Gasteiger charge is -2.46. The van der Waals surface area contributed by atoms with E-state index < -0.39 is 0 Å². The lowest BCUT2D eigenvalue weighted by atomic mass is 9.84. The van der Waals surface area contributed by atoms with Crippen molar-refractivity contribution in [3.05, 3.63) is 0 Å². The van der Waals surface area contributed by atoms with Crippen LogP contribution in [0.25, 0.3) is 0 Å². The normalized spacial score (nSPS) is 36.0. The van der Waals surface area contributed by atoms with Crippen LogP contribution in [0, 0.1) is 0 Å². The average Bonchev–Trinajstić information content (AvgIpc) is 2.16. The molecule has 0 aliphatic heterocycles. The Balaban J connectivity index is 1.74. The third-order valence-corrected chi connectivity index (χ3v) is 3.49. The fourth-order valence-electron chi connectivity index (χ4n) is 2.35. The highest BCUT2D eigenvalue weighted by Crippen LogP contribution is 2.32. The number of ether oxygens (including phenoxy) is 2. The lowest BCUT2D eigenvalue weighted by Crippen LogP contribution is -2.61. The van der Waals surface area contributed by atoms with E-state index in [1.54, 1.807) is 0 Å². The molecule has 0 aromatic rings. The van der Waals surface area contributed by atoms with E-state index in [0.717, 1.165) is 19.6 Å². The maximum absolute atomic E-state index is 6.00. The minimum atomic E-state index is 0.288. The first-order chi connectivity index (χ1) is 7.35. The third kappa shape index (κ3) is 2.52. The molecular formula is C12H23NO2. The fourth-order valence-corrected chi connectivity index (χ4v) is 2.35. The van der Waals surface area contributed by atoms with Crippen molar-refractivity contribution < 1.29 is 9.47 Å². The smallest absolute Gasteiger partial charge is 0.0990 e. The summed E-state index contributed by atoms with van der Waals surface area (Å²) >= 11 is 0. The molecule has 3 unspecified atom stereocenters. The van der Waals surface area contributed by atoms with E-state index in [-0.39, 0.29) is 6.10 Å². The Hall–Kier alpha value is -0.120. The maximum atomic E-state index is 6.00. The lowest BCUT2D eigenvalue weighted by molar-refractivity contribution is -0.178. The number of hydrogen-bond acceptors (Lipinski definition) is 3. The predicted molar refractivity (Wildman–Crippen MR) is 60.0 cm³/mol. The molecule has 0 aromatic heterocycles. The molecule has 3 atom stereocenters. The molecule has 0 bridgehead atoms. The van der Waals surface area contributed by atoms with E-state index in [1.807, 2.05) is 0 Å². The topological polar surface area (TPSA) is 30.5 Å². The summed E-state index contributed by atoms with van der Waals surface area (Å²) in [6.07, 6.45) is 6.13.